The van der Waals surface area contributed by atoms with E-state index in [2.05, 4.69) is 24.5 Å². The van der Waals surface area contributed by atoms with E-state index in [1.54, 1.807) is 0 Å². The van der Waals surface area contributed by atoms with Crippen LogP contribution < -0.4 is 10.6 Å². The summed E-state index contributed by atoms with van der Waals surface area (Å²) in [7, 11) is 1.47. The third kappa shape index (κ3) is 5.45. The summed E-state index contributed by atoms with van der Waals surface area (Å²) in [4.78, 5) is 24.0. The standard InChI is InChI=1S/C18H32N2O4/c1-12(9-14-5-4-6-15(10-14)18(22)23-3)13(2)20-17(21)16-11-19-7-8-24-16/h12-16,19H,4-11H2,1-3H3,(H,20,21). The number of hydrogen-bond acceptors (Lipinski definition) is 5. The second kappa shape index (κ2) is 9.37. The highest BCUT2D eigenvalue weighted by atomic mass is 16.5. The van der Waals surface area contributed by atoms with E-state index in [1.165, 1.54) is 7.11 Å². The summed E-state index contributed by atoms with van der Waals surface area (Å²) >= 11 is 0. The fraction of sp³-hybridized carbons (Fsp3) is 0.889. The third-order valence-electron chi connectivity index (χ3n) is 5.47. The van der Waals surface area contributed by atoms with Gasteiger partial charge in [0.05, 0.1) is 19.6 Å². The van der Waals surface area contributed by atoms with E-state index in [1.807, 2.05) is 0 Å². The van der Waals surface area contributed by atoms with Crippen molar-refractivity contribution >= 4 is 11.9 Å². The summed E-state index contributed by atoms with van der Waals surface area (Å²) in [6, 6.07) is 0.0986. The second-order valence-corrected chi connectivity index (χ2v) is 7.33. The molecule has 0 bridgehead atoms. The van der Waals surface area contributed by atoms with Crippen molar-refractivity contribution in [2.45, 2.75) is 58.1 Å². The minimum Gasteiger partial charge on any atom is -0.469 e. The van der Waals surface area contributed by atoms with Crippen molar-refractivity contribution in [3.63, 3.8) is 0 Å². The summed E-state index contributed by atoms with van der Waals surface area (Å²) in [5, 5.41) is 6.26. The molecule has 1 saturated carbocycles. The predicted octanol–water partition coefficient (Wildman–Crippen LogP) is 1.49. The number of nitrogens with one attached hydrogen (secondary N) is 2. The van der Waals surface area contributed by atoms with Crippen molar-refractivity contribution in [1.82, 2.24) is 10.6 Å². The molecule has 6 heteroatoms. The molecule has 2 rings (SSSR count). The zero-order valence-corrected chi connectivity index (χ0v) is 15.2. The van der Waals surface area contributed by atoms with E-state index >= 15 is 0 Å². The highest BCUT2D eigenvalue weighted by Gasteiger charge is 2.30. The van der Waals surface area contributed by atoms with E-state index in [-0.39, 0.29) is 29.9 Å². The van der Waals surface area contributed by atoms with Crippen LogP contribution in [-0.4, -0.2) is 50.8 Å². The topological polar surface area (TPSA) is 76.7 Å². The Morgan fingerprint density at radius 1 is 1.33 bits per heavy atom. The van der Waals surface area contributed by atoms with Crippen LogP contribution in [0.5, 0.6) is 0 Å². The summed E-state index contributed by atoms with van der Waals surface area (Å²) in [6.07, 6.45) is 4.74. The van der Waals surface area contributed by atoms with Gasteiger partial charge in [0.25, 0.3) is 5.91 Å². The Kier molecular flexibility index (Phi) is 7.49. The molecule has 138 valence electrons. The first-order chi connectivity index (χ1) is 11.5. The molecule has 6 nitrogen and oxygen atoms in total. The number of morpholine rings is 1. The Bertz CT molecular complexity index is 423. The van der Waals surface area contributed by atoms with Crippen LogP contribution >= 0.6 is 0 Å². The van der Waals surface area contributed by atoms with Crippen molar-refractivity contribution in [3.8, 4) is 0 Å². The maximum absolute atomic E-state index is 12.2. The second-order valence-electron chi connectivity index (χ2n) is 7.33. The molecular formula is C18H32N2O4. The average Bonchev–Trinajstić information content (AvgIpc) is 2.61. The van der Waals surface area contributed by atoms with E-state index in [0.717, 1.165) is 38.6 Å². The smallest absolute Gasteiger partial charge is 0.308 e. The van der Waals surface area contributed by atoms with Gasteiger partial charge in [0, 0.05) is 19.1 Å². The molecular weight excluding hydrogens is 308 g/mol. The van der Waals surface area contributed by atoms with Crippen molar-refractivity contribution < 1.29 is 19.1 Å². The molecule has 1 amide bonds. The lowest BCUT2D eigenvalue weighted by molar-refractivity contribution is -0.147. The van der Waals surface area contributed by atoms with Crippen LogP contribution in [0.2, 0.25) is 0 Å². The van der Waals surface area contributed by atoms with Gasteiger partial charge < -0.3 is 20.1 Å². The summed E-state index contributed by atoms with van der Waals surface area (Å²) in [6.45, 7) is 6.19. The van der Waals surface area contributed by atoms with Gasteiger partial charge in [0.1, 0.15) is 6.10 Å². The molecule has 0 aromatic rings. The number of hydrogen-bond donors (Lipinski definition) is 2. The lowest BCUT2D eigenvalue weighted by atomic mass is 9.76. The summed E-state index contributed by atoms with van der Waals surface area (Å²) in [5.41, 5.74) is 0. The number of amides is 1. The first-order valence-corrected chi connectivity index (χ1v) is 9.21. The number of rotatable bonds is 6. The molecule has 24 heavy (non-hydrogen) atoms. The molecule has 1 aliphatic heterocycles. The van der Waals surface area contributed by atoms with Crippen LogP contribution in [0.1, 0.15) is 46.0 Å². The van der Waals surface area contributed by atoms with Crippen LogP contribution in [-0.2, 0) is 19.1 Å². The Hall–Kier alpha value is -1.14. The van der Waals surface area contributed by atoms with E-state index < -0.39 is 0 Å². The molecule has 0 aromatic heterocycles. The van der Waals surface area contributed by atoms with Crippen molar-refractivity contribution in [1.29, 1.82) is 0 Å². The third-order valence-corrected chi connectivity index (χ3v) is 5.47. The van der Waals surface area contributed by atoms with Gasteiger partial charge in [0.2, 0.25) is 0 Å². The Morgan fingerprint density at radius 3 is 2.79 bits per heavy atom. The number of carbonyl (C=O) groups excluding carboxylic acids is 2. The van der Waals surface area contributed by atoms with Gasteiger partial charge in [-0.2, -0.15) is 0 Å². The van der Waals surface area contributed by atoms with Crippen LogP contribution in [0.4, 0.5) is 0 Å². The van der Waals surface area contributed by atoms with E-state index in [4.69, 9.17) is 9.47 Å². The number of methoxy groups -OCH3 is 1. The zero-order chi connectivity index (χ0) is 17.5. The van der Waals surface area contributed by atoms with Crippen LogP contribution in [0.3, 0.4) is 0 Å². The monoisotopic (exact) mass is 340 g/mol. The van der Waals surface area contributed by atoms with Gasteiger partial charge in [-0.15, -0.1) is 0 Å². The van der Waals surface area contributed by atoms with Gasteiger partial charge in [0.15, 0.2) is 0 Å². The Morgan fingerprint density at radius 2 is 2.12 bits per heavy atom. The van der Waals surface area contributed by atoms with E-state index in [0.29, 0.717) is 25.0 Å². The molecule has 1 saturated heterocycles. The predicted molar refractivity (Wildman–Crippen MR) is 91.5 cm³/mol. The summed E-state index contributed by atoms with van der Waals surface area (Å²) in [5.74, 6) is 0.845. The highest BCUT2D eigenvalue weighted by Crippen LogP contribution is 2.34. The van der Waals surface area contributed by atoms with Crippen molar-refractivity contribution in [2.75, 3.05) is 26.8 Å². The molecule has 2 N–H and O–H groups in total. The average molecular weight is 340 g/mol. The maximum atomic E-state index is 12.2. The SMILES string of the molecule is COC(=O)C1CCCC(CC(C)C(C)NC(=O)C2CNCCO2)C1. The zero-order valence-electron chi connectivity index (χ0n) is 15.2. The number of ether oxygens (including phenoxy) is 2. The van der Waals surface area contributed by atoms with Gasteiger partial charge >= 0.3 is 5.97 Å². The largest absolute Gasteiger partial charge is 0.469 e. The van der Waals surface area contributed by atoms with Gasteiger partial charge in [-0.3, -0.25) is 9.59 Å². The fourth-order valence-electron chi connectivity index (χ4n) is 3.81. The molecule has 2 aliphatic rings. The Labute approximate surface area is 145 Å². The van der Waals surface area contributed by atoms with Gasteiger partial charge in [-0.25, -0.2) is 0 Å². The molecule has 0 spiro atoms. The quantitative estimate of drug-likeness (QED) is 0.716. The first-order valence-electron chi connectivity index (χ1n) is 9.21. The minimum absolute atomic E-state index is 0.0300. The minimum atomic E-state index is -0.383. The molecule has 5 atom stereocenters. The fourth-order valence-corrected chi connectivity index (χ4v) is 3.81. The normalized spacial score (nSPS) is 30.2. The lowest BCUT2D eigenvalue weighted by Crippen LogP contribution is -2.51. The molecule has 0 aromatic carbocycles. The molecule has 2 fully saturated rings. The number of esters is 1. The van der Waals surface area contributed by atoms with Gasteiger partial charge in [-0.05, 0) is 38.0 Å². The lowest BCUT2D eigenvalue weighted by Gasteiger charge is -2.32. The van der Waals surface area contributed by atoms with Crippen LogP contribution in [0.15, 0.2) is 0 Å². The van der Waals surface area contributed by atoms with Crippen molar-refractivity contribution in [2.24, 2.45) is 17.8 Å². The van der Waals surface area contributed by atoms with Crippen molar-refractivity contribution in [3.05, 3.63) is 0 Å². The molecule has 1 aliphatic carbocycles. The van der Waals surface area contributed by atoms with E-state index in [9.17, 15) is 9.59 Å². The van der Waals surface area contributed by atoms with Crippen LogP contribution in [0.25, 0.3) is 0 Å². The first kappa shape index (κ1) is 19.2. The molecule has 0 radical (unpaired) electrons. The molecule has 5 unspecified atom stereocenters. The Balaban J connectivity index is 1.77. The highest BCUT2D eigenvalue weighted by molar-refractivity contribution is 5.81. The number of carbonyl (C=O) groups is 2. The maximum Gasteiger partial charge on any atom is 0.308 e. The van der Waals surface area contributed by atoms with Gasteiger partial charge in [-0.1, -0.05) is 19.8 Å². The van der Waals surface area contributed by atoms with Crippen LogP contribution in [0, 0.1) is 17.8 Å². The molecule has 1 heterocycles. The summed E-state index contributed by atoms with van der Waals surface area (Å²) < 4.78 is 10.4.